The first kappa shape index (κ1) is 23.2. The van der Waals surface area contributed by atoms with Crippen LogP contribution < -0.4 is 10.1 Å². The van der Waals surface area contributed by atoms with E-state index >= 15 is 8.78 Å². The van der Waals surface area contributed by atoms with Gasteiger partial charge in [-0.2, -0.15) is 0 Å². The first-order valence-electron chi connectivity index (χ1n) is 11.2. The van der Waals surface area contributed by atoms with E-state index in [1.165, 1.54) is 12.7 Å². The van der Waals surface area contributed by atoms with Crippen LogP contribution in [0.2, 0.25) is 0 Å². The van der Waals surface area contributed by atoms with E-state index in [1.807, 2.05) is 13.0 Å². The summed E-state index contributed by atoms with van der Waals surface area (Å²) < 4.78 is 36.3. The summed E-state index contributed by atoms with van der Waals surface area (Å²) in [5, 5.41) is 2.16. The van der Waals surface area contributed by atoms with Crippen molar-refractivity contribution >= 4 is 11.9 Å². The number of methoxy groups -OCH3 is 1. The van der Waals surface area contributed by atoms with Crippen molar-refractivity contribution in [2.75, 3.05) is 13.7 Å². The van der Waals surface area contributed by atoms with Crippen molar-refractivity contribution in [2.45, 2.75) is 64.8 Å². The van der Waals surface area contributed by atoms with Crippen LogP contribution in [0.15, 0.2) is 18.2 Å². The molecule has 0 bridgehead atoms. The topological polar surface area (TPSA) is 58.6 Å². The van der Waals surface area contributed by atoms with Gasteiger partial charge in [0.1, 0.15) is 12.4 Å². The number of imide groups is 1. The number of urea groups is 1. The van der Waals surface area contributed by atoms with Gasteiger partial charge in [-0.25, -0.2) is 13.6 Å². The van der Waals surface area contributed by atoms with Crippen LogP contribution in [0.5, 0.6) is 5.75 Å². The zero-order valence-electron chi connectivity index (χ0n) is 20.0. The van der Waals surface area contributed by atoms with Crippen LogP contribution in [-0.2, 0) is 22.2 Å². The molecule has 1 aliphatic carbocycles. The van der Waals surface area contributed by atoms with E-state index in [9.17, 15) is 9.59 Å². The number of halogens is 2. The van der Waals surface area contributed by atoms with Crippen molar-refractivity contribution in [1.82, 2.24) is 10.2 Å². The fourth-order valence-electron chi connectivity index (χ4n) is 5.02. The first-order valence-corrected chi connectivity index (χ1v) is 11.2. The molecule has 0 unspecified atom stereocenters. The number of fused-ring (bicyclic) bond motifs is 1. The number of aryl methyl sites for hydroxylation is 1. The molecule has 3 amide bonds. The van der Waals surface area contributed by atoms with E-state index in [2.05, 4.69) is 39.1 Å². The Hall–Kier alpha value is -2.96. The maximum atomic E-state index is 15.9. The third kappa shape index (κ3) is 3.87. The van der Waals surface area contributed by atoms with Crippen LogP contribution in [0.4, 0.5) is 13.6 Å². The van der Waals surface area contributed by atoms with E-state index in [-0.39, 0.29) is 40.8 Å². The Morgan fingerprint density at radius 1 is 1.03 bits per heavy atom. The third-order valence-electron chi connectivity index (χ3n) is 7.15. The van der Waals surface area contributed by atoms with Crippen molar-refractivity contribution in [3.8, 4) is 16.9 Å². The minimum atomic E-state index is -0.716. The van der Waals surface area contributed by atoms with E-state index in [0.29, 0.717) is 5.56 Å². The van der Waals surface area contributed by atoms with Crippen molar-refractivity contribution in [3.05, 3.63) is 52.1 Å². The highest BCUT2D eigenvalue weighted by atomic mass is 19.1. The van der Waals surface area contributed by atoms with Crippen LogP contribution >= 0.6 is 0 Å². The molecular weight excluding hydrogens is 426 g/mol. The van der Waals surface area contributed by atoms with Gasteiger partial charge in [0.05, 0.1) is 19.2 Å². The Morgan fingerprint density at radius 3 is 2.18 bits per heavy atom. The van der Waals surface area contributed by atoms with Crippen LogP contribution in [0.25, 0.3) is 11.1 Å². The Bertz CT molecular complexity index is 1170. The summed E-state index contributed by atoms with van der Waals surface area (Å²) in [6, 6.07) is 4.48. The molecule has 176 valence electrons. The highest BCUT2D eigenvalue weighted by molar-refractivity contribution is 6.01. The number of carbonyl (C=O) groups is 2. The molecule has 7 heteroatoms. The molecule has 0 spiro atoms. The summed E-state index contributed by atoms with van der Waals surface area (Å²) in [6.45, 7) is 10.3. The van der Waals surface area contributed by atoms with Gasteiger partial charge in [0.15, 0.2) is 11.6 Å². The van der Waals surface area contributed by atoms with E-state index < -0.39 is 23.6 Å². The summed E-state index contributed by atoms with van der Waals surface area (Å²) >= 11 is 0. The van der Waals surface area contributed by atoms with Gasteiger partial charge in [-0.1, -0.05) is 33.8 Å². The second-order valence-corrected chi connectivity index (χ2v) is 10.4. The molecule has 1 heterocycles. The predicted molar refractivity (Wildman–Crippen MR) is 122 cm³/mol. The van der Waals surface area contributed by atoms with Crippen LogP contribution in [0.1, 0.15) is 62.8 Å². The number of nitrogens with one attached hydrogen (secondary N) is 1. The largest absolute Gasteiger partial charge is 0.493 e. The summed E-state index contributed by atoms with van der Waals surface area (Å²) in [5.74, 6) is -2.01. The molecule has 1 N–H and O–H groups in total. The summed E-state index contributed by atoms with van der Waals surface area (Å²) in [7, 11) is 1.31. The molecule has 0 saturated carbocycles. The van der Waals surface area contributed by atoms with Crippen molar-refractivity contribution < 1.29 is 23.1 Å². The molecule has 1 aliphatic heterocycles. The number of hydrogen-bond acceptors (Lipinski definition) is 3. The monoisotopic (exact) mass is 456 g/mol. The minimum Gasteiger partial charge on any atom is -0.493 e. The average molecular weight is 457 g/mol. The van der Waals surface area contributed by atoms with Crippen molar-refractivity contribution in [1.29, 1.82) is 0 Å². The lowest BCUT2D eigenvalue weighted by Gasteiger charge is -2.42. The minimum absolute atomic E-state index is 0.00939. The lowest BCUT2D eigenvalue weighted by molar-refractivity contribution is -0.118. The number of hydrogen-bond donors (Lipinski definition) is 1. The maximum Gasteiger partial charge on any atom is 0.324 e. The maximum absolute atomic E-state index is 15.9. The lowest BCUT2D eigenvalue weighted by Crippen LogP contribution is -2.34. The van der Waals surface area contributed by atoms with Gasteiger partial charge in [-0.05, 0) is 65.0 Å². The van der Waals surface area contributed by atoms with Crippen LogP contribution in [0, 0.1) is 18.6 Å². The standard InChI is InChI=1S/C26H30F2N2O3/c1-14-9-17-18(26(4,5)8-7-25(17,2)3)11-16(14)21-22(28)15(10-19(27)23(21)33-6)12-30-13-20(31)29-24(30)32/h9-11H,7-8,12-13H2,1-6H3,(H,29,31,32). The Kier molecular flexibility index (Phi) is 5.50. The highest BCUT2D eigenvalue weighted by Gasteiger charge is 2.38. The van der Waals surface area contributed by atoms with Crippen molar-refractivity contribution in [3.63, 3.8) is 0 Å². The zero-order valence-corrected chi connectivity index (χ0v) is 20.0. The smallest absolute Gasteiger partial charge is 0.324 e. The number of amides is 3. The normalized spacial score (nSPS) is 18.8. The van der Waals surface area contributed by atoms with Gasteiger partial charge < -0.3 is 9.64 Å². The molecule has 5 nitrogen and oxygen atoms in total. The molecule has 2 aromatic carbocycles. The fraction of sp³-hybridized carbons (Fsp3) is 0.462. The number of ether oxygens (including phenoxy) is 1. The Morgan fingerprint density at radius 2 is 1.64 bits per heavy atom. The van der Waals surface area contributed by atoms with Crippen molar-refractivity contribution in [2.24, 2.45) is 0 Å². The Balaban J connectivity index is 1.91. The van der Waals surface area contributed by atoms with Gasteiger partial charge in [0, 0.05) is 5.56 Å². The van der Waals surface area contributed by atoms with Gasteiger partial charge in [0.2, 0.25) is 5.91 Å². The third-order valence-corrected chi connectivity index (χ3v) is 7.15. The number of carbonyl (C=O) groups excluding carboxylic acids is 2. The molecule has 4 rings (SSSR count). The molecule has 1 saturated heterocycles. The molecule has 1 fully saturated rings. The molecule has 0 aromatic heterocycles. The quantitative estimate of drug-likeness (QED) is 0.631. The van der Waals surface area contributed by atoms with Gasteiger partial charge >= 0.3 is 6.03 Å². The van der Waals surface area contributed by atoms with E-state index in [1.54, 1.807) is 0 Å². The number of nitrogens with zero attached hydrogens (tertiary/aromatic N) is 1. The highest BCUT2D eigenvalue weighted by Crippen LogP contribution is 2.49. The van der Waals surface area contributed by atoms with E-state index in [0.717, 1.165) is 34.9 Å². The molecule has 0 radical (unpaired) electrons. The molecule has 2 aliphatic rings. The van der Waals surface area contributed by atoms with Gasteiger partial charge in [0.25, 0.3) is 0 Å². The SMILES string of the molecule is COc1c(F)cc(CN2CC(=O)NC2=O)c(F)c1-c1cc2c(cc1C)C(C)(C)CCC2(C)C. The number of rotatable bonds is 4. The molecule has 2 aromatic rings. The summed E-state index contributed by atoms with van der Waals surface area (Å²) in [4.78, 5) is 24.6. The van der Waals surface area contributed by atoms with Crippen LogP contribution in [-0.4, -0.2) is 30.5 Å². The molecule has 33 heavy (non-hydrogen) atoms. The predicted octanol–water partition coefficient (Wildman–Crippen LogP) is 5.35. The first-order chi connectivity index (χ1) is 15.4. The van der Waals surface area contributed by atoms with E-state index in [4.69, 9.17) is 4.74 Å². The average Bonchev–Trinajstić information content (AvgIpc) is 3.04. The lowest BCUT2D eigenvalue weighted by atomic mass is 9.62. The second kappa shape index (κ2) is 7.82. The molecular formula is C26H30F2N2O3. The zero-order chi connectivity index (χ0) is 24.3. The summed E-state index contributed by atoms with van der Waals surface area (Å²) in [5.41, 5.74) is 3.64. The second-order valence-electron chi connectivity index (χ2n) is 10.4. The Labute approximate surface area is 193 Å². The fourth-order valence-corrected chi connectivity index (χ4v) is 5.02. The van der Waals surface area contributed by atoms with Gasteiger partial charge in [-0.3, -0.25) is 10.1 Å². The number of benzene rings is 2. The molecule has 0 atom stereocenters. The van der Waals surface area contributed by atoms with Crippen LogP contribution in [0.3, 0.4) is 0 Å². The summed E-state index contributed by atoms with van der Waals surface area (Å²) in [6.07, 6.45) is 2.03. The van der Waals surface area contributed by atoms with Gasteiger partial charge in [-0.15, -0.1) is 0 Å².